The summed E-state index contributed by atoms with van der Waals surface area (Å²) in [5.74, 6) is 0.532. The Morgan fingerprint density at radius 3 is 2.75 bits per heavy atom. The second-order valence-electron chi connectivity index (χ2n) is 6.77. The van der Waals surface area contributed by atoms with Crippen molar-refractivity contribution in [2.24, 2.45) is 10.9 Å². The van der Waals surface area contributed by atoms with Crippen LogP contribution in [-0.2, 0) is 20.7 Å². The molecular formula is C20H21N3O4S. The zero-order chi connectivity index (χ0) is 19.3. The molecule has 0 aromatic carbocycles. The van der Waals surface area contributed by atoms with E-state index in [4.69, 9.17) is 9.15 Å². The number of Topliss-reactive ketones (excluding diaryl/α,β-unsaturated/α-hetero) is 1. The number of nitrogens with one attached hydrogen (secondary N) is 1. The molecule has 0 saturated carbocycles. The van der Waals surface area contributed by atoms with Gasteiger partial charge in [0, 0.05) is 31.0 Å². The molecule has 0 bridgehead atoms. The van der Waals surface area contributed by atoms with Gasteiger partial charge in [0.1, 0.15) is 17.1 Å². The van der Waals surface area contributed by atoms with Gasteiger partial charge < -0.3 is 14.5 Å². The summed E-state index contributed by atoms with van der Waals surface area (Å²) in [6.07, 6.45) is 4.83. The number of thioether (sulfide) groups is 1. The Morgan fingerprint density at radius 1 is 1.18 bits per heavy atom. The predicted octanol–water partition coefficient (Wildman–Crippen LogP) is 2.54. The number of pyridine rings is 1. The first-order chi connectivity index (χ1) is 13.7. The quantitative estimate of drug-likeness (QED) is 0.830. The van der Waals surface area contributed by atoms with Crippen molar-refractivity contribution in [3.8, 4) is 0 Å². The molecule has 4 rings (SSSR count). The Bertz CT molecular complexity index is 848. The summed E-state index contributed by atoms with van der Waals surface area (Å²) in [4.78, 5) is 34.2. The maximum atomic E-state index is 13.1. The van der Waals surface area contributed by atoms with E-state index in [1.807, 2.05) is 12.1 Å². The van der Waals surface area contributed by atoms with Gasteiger partial charge in [-0.15, -0.1) is 0 Å². The van der Waals surface area contributed by atoms with Crippen LogP contribution in [0.3, 0.4) is 0 Å². The van der Waals surface area contributed by atoms with Crippen LogP contribution in [0.5, 0.6) is 0 Å². The lowest BCUT2D eigenvalue weighted by atomic mass is 9.90. The summed E-state index contributed by atoms with van der Waals surface area (Å²) >= 11 is 1.30. The minimum Gasteiger partial charge on any atom is -0.467 e. The van der Waals surface area contributed by atoms with Crippen LogP contribution in [0.25, 0.3) is 0 Å². The van der Waals surface area contributed by atoms with E-state index >= 15 is 0 Å². The van der Waals surface area contributed by atoms with Crippen molar-refractivity contribution in [3.05, 3.63) is 54.2 Å². The number of ether oxygens (including phenoxy) is 1. The number of furan rings is 1. The molecule has 2 aromatic heterocycles. The lowest BCUT2D eigenvalue weighted by Gasteiger charge is -2.24. The zero-order valence-corrected chi connectivity index (χ0v) is 16.1. The second kappa shape index (κ2) is 8.70. The number of amides is 1. The molecular weight excluding hydrogens is 378 g/mol. The van der Waals surface area contributed by atoms with Crippen LogP contribution < -0.4 is 5.32 Å². The van der Waals surface area contributed by atoms with E-state index in [9.17, 15) is 9.59 Å². The number of hydrogen-bond donors (Lipinski definition) is 1. The average Bonchev–Trinajstić information content (AvgIpc) is 3.38. The standard InChI is InChI=1S/C20H21N3O4S/c24-16(12-14-4-1-2-8-21-14)22-20-23-17(15-5-3-9-27-15)19(28-20)18(25)13-6-10-26-11-7-13/h1-5,8-9,13,17,19H,6-7,10-12H2,(H,22,23,24). The van der Waals surface area contributed by atoms with E-state index in [1.54, 1.807) is 30.7 Å². The van der Waals surface area contributed by atoms with E-state index < -0.39 is 11.3 Å². The van der Waals surface area contributed by atoms with Gasteiger partial charge >= 0.3 is 0 Å². The Morgan fingerprint density at radius 2 is 2.04 bits per heavy atom. The van der Waals surface area contributed by atoms with Crippen molar-refractivity contribution < 1.29 is 18.7 Å². The summed E-state index contributed by atoms with van der Waals surface area (Å²) in [5.41, 5.74) is 0.681. The van der Waals surface area contributed by atoms with E-state index in [1.165, 1.54) is 11.8 Å². The SMILES string of the molecule is O=C(Cc1ccccn1)NC1=NC(c2ccco2)C(C(=O)C2CCOCC2)S1. The van der Waals surface area contributed by atoms with Gasteiger partial charge in [-0.05, 0) is 37.1 Å². The molecule has 1 saturated heterocycles. The van der Waals surface area contributed by atoms with Crippen molar-refractivity contribution >= 4 is 28.6 Å². The van der Waals surface area contributed by atoms with Crippen LogP contribution in [0.2, 0.25) is 0 Å². The third kappa shape index (κ3) is 4.34. The molecule has 1 N–H and O–H groups in total. The molecule has 28 heavy (non-hydrogen) atoms. The molecule has 2 aromatic rings. The fraction of sp³-hybridized carbons (Fsp3) is 0.400. The van der Waals surface area contributed by atoms with Crippen molar-refractivity contribution in [1.82, 2.24) is 10.3 Å². The van der Waals surface area contributed by atoms with Crippen LogP contribution in [-0.4, -0.2) is 40.3 Å². The van der Waals surface area contributed by atoms with Crippen molar-refractivity contribution in [1.29, 1.82) is 0 Å². The Labute approximate surface area is 167 Å². The first kappa shape index (κ1) is 18.9. The summed E-state index contributed by atoms with van der Waals surface area (Å²) in [6, 6.07) is 8.61. The number of rotatable bonds is 5. The number of carbonyl (C=O) groups is 2. The zero-order valence-electron chi connectivity index (χ0n) is 15.2. The van der Waals surface area contributed by atoms with Gasteiger partial charge in [0.2, 0.25) is 5.91 Å². The predicted molar refractivity (Wildman–Crippen MR) is 105 cm³/mol. The Hall–Kier alpha value is -2.45. The minimum atomic E-state index is -0.430. The number of aliphatic imine (C=N–C) groups is 1. The maximum absolute atomic E-state index is 13.1. The van der Waals surface area contributed by atoms with Gasteiger partial charge in [0.25, 0.3) is 0 Å². The third-order valence-electron chi connectivity index (χ3n) is 4.83. The summed E-state index contributed by atoms with van der Waals surface area (Å²) < 4.78 is 10.9. The topological polar surface area (TPSA) is 93.8 Å². The molecule has 1 fully saturated rings. The normalized spacial score (nSPS) is 22.6. The van der Waals surface area contributed by atoms with Crippen LogP contribution in [0, 0.1) is 5.92 Å². The van der Waals surface area contributed by atoms with Crippen LogP contribution in [0.1, 0.15) is 30.3 Å². The smallest absolute Gasteiger partial charge is 0.231 e. The lowest BCUT2D eigenvalue weighted by Crippen LogP contribution is -2.33. The lowest BCUT2D eigenvalue weighted by molar-refractivity contribution is -0.125. The molecule has 2 atom stereocenters. The summed E-state index contributed by atoms with van der Waals surface area (Å²) in [7, 11) is 0. The van der Waals surface area contributed by atoms with Gasteiger partial charge in [-0.2, -0.15) is 0 Å². The number of nitrogens with zero attached hydrogens (tertiary/aromatic N) is 2. The highest BCUT2D eigenvalue weighted by molar-refractivity contribution is 8.15. The molecule has 0 aliphatic carbocycles. The van der Waals surface area contributed by atoms with Crippen LogP contribution >= 0.6 is 11.8 Å². The highest BCUT2D eigenvalue weighted by atomic mass is 32.2. The summed E-state index contributed by atoms with van der Waals surface area (Å²) in [5, 5.41) is 2.87. The molecule has 2 aliphatic heterocycles. The van der Waals surface area contributed by atoms with Gasteiger partial charge in [0.15, 0.2) is 11.0 Å². The highest BCUT2D eigenvalue weighted by Gasteiger charge is 2.41. The van der Waals surface area contributed by atoms with E-state index in [2.05, 4.69) is 15.3 Å². The molecule has 2 unspecified atom stereocenters. The number of amidine groups is 1. The van der Waals surface area contributed by atoms with Crippen molar-refractivity contribution in [2.75, 3.05) is 13.2 Å². The number of hydrogen-bond acceptors (Lipinski definition) is 7. The highest BCUT2D eigenvalue weighted by Crippen LogP contribution is 2.40. The Kier molecular flexibility index (Phi) is 5.87. The van der Waals surface area contributed by atoms with Crippen LogP contribution in [0.15, 0.2) is 52.2 Å². The Balaban J connectivity index is 1.46. The number of ketones is 1. The van der Waals surface area contributed by atoms with E-state index in [0.717, 1.165) is 12.8 Å². The molecule has 146 valence electrons. The van der Waals surface area contributed by atoms with Gasteiger partial charge in [-0.25, -0.2) is 4.99 Å². The number of aromatic nitrogens is 1. The second-order valence-corrected chi connectivity index (χ2v) is 7.90. The van der Waals surface area contributed by atoms with Crippen molar-refractivity contribution in [2.45, 2.75) is 30.6 Å². The first-order valence-electron chi connectivity index (χ1n) is 9.30. The molecule has 1 amide bonds. The minimum absolute atomic E-state index is 0.0394. The van der Waals surface area contributed by atoms with E-state index in [-0.39, 0.29) is 24.0 Å². The molecule has 4 heterocycles. The van der Waals surface area contributed by atoms with Gasteiger partial charge in [-0.3, -0.25) is 14.6 Å². The first-order valence-corrected chi connectivity index (χ1v) is 10.2. The van der Waals surface area contributed by atoms with Crippen molar-refractivity contribution in [3.63, 3.8) is 0 Å². The van der Waals surface area contributed by atoms with E-state index in [0.29, 0.717) is 29.8 Å². The van der Waals surface area contributed by atoms with Crippen LogP contribution in [0.4, 0.5) is 0 Å². The molecule has 8 heteroatoms. The molecule has 2 aliphatic rings. The average molecular weight is 399 g/mol. The fourth-order valence-electron chi connectivity index (χ4n) is 3.40. The monoisotopic (exact) mass is 399 g/mol. The molecule has 0 radical (unpaired) electrons. The maximum Gasteiger partial charge on any atom is 0.231 e. The fourth-order valence-corrected chi connectivity index (χ4v) is 4.62. The van der Waals surface area contributed by atoms with Gasteiger partial charge in [-0.1, -0.05) is 17.8 Å². The third-order valence-corrected chi connectivity index (χ3v) is 6.01. The molecule has 7 nitrogen and oxygen atoms in total. The number of carbonyl (C=O) groups excluding carboxylic acids is 2. The molecule has 0 spiro atoms. The largest absolute Gasteiger partial charge is 0.467 e. The summed E-state index contributed by atoms with van der Waals surface area (Å²) in [6.45, 7) is 1.21. The van der Waals surface area contributed by atoms with Gasteiger partial charge in [0.05, 0.1) is 12.7 Å².